The summed E-state index contributed by atoms with van der Waals surface area (Å²) in [4.78, 5) is 0.508. The molecule has 9 heteroatoms. The molecule has 8 aliphatic carbocycles. The van der Waals surface area contributed by atoms with Gasteiger partial charge in [-0.25, -0.2) is 0 Å². The zero-order chi connectivity index (χ0) is 63.5. The van der Waals surface area contributed by atoms with Crippen LogP contribution in [-0.2, 0) is 33.3 Å². The summed E-state index contributed by atoms with van der Waals surface area (Å²) in [5.74, 6) is 9.88. The van der Waals surface area contributed by atoms with Crippen molar-refractivity contribution in [2.24, 2.45) is 105 Å². The summed E-state index contributed by atoms with van der Waals surface area (Å²) in [6.45, 7) is 30.5. The Hall–Kier alpha value is -2.30. The minimum Gasteiger partial charge on any atom is -0.381 e. The van der Waals surface area contributed by atoms with Crippen LogP contribution in [0.25, 0.3) is 0 Å². The Morgan fingerprint density at radius 3 is 1.21 bits per heavy atom. The number of hydrogen-bond donors (Lipinski definition) is 0. The van der Waals surface area contributed by atoms with Crippen LogP contribution in [-0.4, -0.2) is 42.3 Å². The van der Waals surface area contributed by atoms with Gasteiger partial charge in [-0.2, -0.15) is 16.8 Å². The number of unbranched alkanes of at least 4 members (excludes halogenated alkanes) is 4. The molecule has 0 aliphatic heterocycles. The second kappa shape index (κ2) is 29.4. The number of benzene rings is 2. The van der Waals surface area contributed by atoms with E-state index in [2.05, 4.69) is 81.4 Å². The van der Waals surface area contributed by atoms with Gasteiger partial charge in [-0.05, 0) is 271 Å². The lowest BCUT2D eigenvalue weighted by atomic mass is 9.46. The predicted molar refractivity (Wildman–Crippen MR) is 367 cm³/mol. The van der Waals surface area contributed by atoms with Gasteiger partial charge < -0.3 is 4.74 Å². The van der Waals surface area contributed by atoms with E-state index in [0.29, 0.717) is 24.0 Å². The molecule has 89 heavy (non-hydrogen) atoms. The molecule has 0 heterocycles. The molecule has 0 bridgehead atoms. The van der Waals surface area contributed by atoms with E-state index in [1.165, 1.54) is 103 Å². The summed E-state index contributed by atoms with van der Waals surface area (Å²) in [5, 5.41) is 0. The largest absolute Gasteiger partial charge is 0.381 e. The van der Waals surface area contributed by atoms with Crippen LogP contribution in [0.3, 0.4) is 0 Å². The Bertz CT molecular complexity index is 2710. The van der Waals surface area contributed by atoms with Gasteiger partial charge in [0.25, 0.3) is 20.2 Å². The maximum atomic E-state index is 14.1. The number of ether oxygens (including phenoxy) is 1. The van der Waals surface area contributed by atoms with E-state index < -0.39 is 20.2 Å². The number of aryl methyl sites for hydroxylation is 2. The normalized spacial score (nSPS) is 34.9. The molecule has 0 spiro atoms. The first-order valence-electron chi connectivity index (χ1n) is 37.3. The van der Waals surface area contributed by atoms with Crippen LogP contribution in [0, 0.1) is 118 Å². The van der Waals surface area contributed by atoms with Gasteiger partial charge in [-0.1, -0.05) is 192 Å². The van der Waals surface area contributed by atoms with Gasteiger partial charge in [-0.15, -0.1) is 0 Å². The summed E-state index contributed by atoms with van der Waals surface area (Å²) >= 11 is 0. The Kier molecular flexibility index (Phi) is 22.9. The average molecular weight is 1260 g/mol. The fraction of sp³-hybridized carbons (Fsp3) is 0.800. The third kappa shape index (κ3) is 15.4. The van der Waals surface area contributed by atoms with E-state index >= 15 is 0 Å². The van der Waals surface area contributed by atoms with E-state index in [1.54, 1.807) is 35.4 Å². The lowest BCUT2D eigenvalue weighted by molar-refractivity contribution is -0.0564. The van der Waals surface area contributed by atoms with Crippen molar-refractivity contribution in [1.29, 1.82) is 0 Å². The highest BCUT2D eigenvalue weighted by molar-refractivity contribution is 7.87. The van der Waals surface area contributed by atoms with Crippen LogP contribution >= 0.6 is 0 Å². The lowest BCUT2D eigenvalue weighted by Crippen LogP contribution is -2.51. The predicted octanol–water partition coefficient (Wildman–Crippen LogP) is 21.6. The lowest BCUT2D eigenvalue weighted by Gasteiger charge is -2.59. The van der Waals surface area contributed by atoms with Crippen LogP contribution in [0.4, 0.5) is 0 Å². The van der Waals surface area contributed by atoms with Gasteiger partial charge >= 0.3 is 0 Å². The molecule has 6 saturated carbocycles. The fourth-order valence-corrected chi connectivity index (χ4v) is 24.5. The van der Waals surface area contributed by atoms with Gasteiger partial charge in [-0.3, -0.25) is 8.37 Å². The Morgan fingerprint density at radius 2 is 0.831 bits per heavy atom. The summed E-state index contributed by atoms with van der Waals surface area (Å²) in [5.41, 5.74) is 6.56. The summed E-state index contributed by atoms with van der Waals surface area (Å²) in [7, 11) is -7.87. The van der Waals surface area contributed by atoms with Crippen molar-refractivity contribution in [1.82, 2.24) is 0 Å². The van der Waals surface area contributed by atoms with Crippen LogP contribution in [0.1, 0.15) is 273 Å². The molecule has 2 aromatic rings. The molecule has 6 fully saturated rings. The molecule has 2 aromatic carbocycles. The Balaban J connectivity index is 0.706. The highest BCUT2D eigenvalue weighted by Crippen LogP contribution is 2.70. The van der Waals surface area contributed by atoms with E-state index in [0.717, 1.165) is 172 Å². The van der Waals surface area contributed by atoms with Crippen molar-refractivity contribution in [3.05, 3.63) is 83.0 Å². The third-order valence-corrected chi connectivity index (χ3v) is 30.1. The van der Waals surface area contributed by atoms with Gasteiger partial charge in [0.1, 0.15) is 0 Å². The van der Waals surface area contributed by atoms with E-state index in [9.17, 15) is 16.8 Å². The number of rotatable bonds is 30. The van der Waals surface area contributed by atoms with E-state index in [-0.39, 0.29) is 44.7 Å². The maximum absolute atomic E-state index is 14.1. The molecule has 0 N–H and O–H groups in total. The standard InChI is InChI=1S/C80H126O7S2/c1-55(2)21-19-23-59(7)69-39-41-71-67-37-31-63-53-61(43-47-77(63,9)73(67)45-49-79(69,71)11)75(86-88(81,82)65-33-27-57(5)28-34-65)25-15-13-17-51-85-52-18-14-16-26-76(87-89(83,84)66-35-29-58(6)30-36-66)62-44-48-78(10)64(54-62)32-38-68-72-42-40-70(60(8)24-20-22-56(3)4)80(72,12)50-46-74(68)78/h27-36,55-56,59-62,67-76H,13-26,37-54H2,1-12H3/t59-,60-,61+,62+,67+,68+,69-,70-,71+,72+,73+,74+,75?,76?,77+,78+,79-,80-/m1/s1. The first-order valence-corrected chi connectivity index (χ1v) is 40.1. The minimum atomic E-state index is -3.93. The quantitative estimate of drug-likeness (QED) is 0.0437. The molecule has 0 amide bonds. The Labute approximate surface area is 545 Å². The van der Waals surface area contributed by atoms with Gasteiger partial charge in [0.2, 0.25) is 0 Å². The van der Waals surface area contributed by atoms with Crippen LogP contribution < -0.4 is 0 Å². The number of fused-ring (bicyclic) bond motifs is 10. The van der Waals surface area contributed by atoms with Crippen molar-refractivity contribution in [3.8, 4) is 0 Å². The number of hydrogen-bond acceptors (Lipinski definition) is 7. The van der Waals surface area contributed by atoms with Gasteiger partial charge in [0.15, 0.2) is 0 Å². The molecule has 10 rings (SSSR count). The minimum absolute atomic E-state index is 0.175. The molecule has 7 nitrogen and oxygen atoms in total. The maximum Gasteiger partial charge on any atom is 0.297 e. The van der Waals surface area contributed by atoms with Gasteiger partial charge in [0.05, 0.1) is 22.0 Å². The van der Waals surface area contributed by atoms with E-state index in [4.69, 9.17) is 13.1 Å². The van der Waals surface area contributed by atoms with Crippen molar-refractivity contribution < 1.29 is 29.9 Å². The first kappa shape index (κ1) is 69.5. The summed E-state index contributed by atoms with van der Waals surface area (Å²) in [6.07, 6.45) is 39.4. The Morgan fingerprint density at radius 1 is 0.438 bits per heavy atom. The third-order valence-electron chi connectivity index (χ3n) is 27.4. The molecule has 500 valence electrons. The first-order chi connectivity index (χ1) is 42.4. The fourth-order valence-electron chi connectivity index (χ4n) is 22.2. The highest BCUT2D eigenvalue weighted by atomic mass is 32.2. The zero-order valence-corrected chi connectivity index (χ0v) is 59.9. The molecule has 0 aromatic heterocycles. The van der Waals surface area contributed by atoms with Crippen LogP contribution in [0.5, 0.6) is 0 Å². The molecular weight excluding hydrogens is 1140 g/mol. The van der Waals surface area contributed by atoms with Crippen LogP contribution in [0.2, 0.25) is 0 Å². The molecule has 0 saturated heterocycles. The second-order valence-electron chi connectivity index (χ2n) is 33.7. The molecule has 18 atom stereocenters. The highest BCUT2D eigenvalue weighted by Gasteiger charge is 2.61. The number of allylic oxidation sites excluding steroid dienone is 4. The second-order valence-corrected chi connectivity index (χ2v) is 36.8. The molecule has 8 aliphatic rings. The van der Waals surface area contributed by atoms with Crippen molar-refractivity contribution >= 4 is 20.2 Å². The molecule has 2 unspecified atom stereocenters. The van der Waals surface area contributed by atoms with Gasteiger partial charge in [0, 0.05) is 13.2 Å². The summed E-state index contributed by atoms with van der Waals surface area (Å²) in [6, 6.07) is 14.3. The van der Waals surface area contributed by atoms with Crippen molar-refractivity contribution in [2.45, 2.75) is 298 Å². The van der Waals surface area contributed by atoms with Crippen molar-refractivity contribution in [3.63, 3.8) is 0 Å². The average Bonchev–Trinajstić information content (AvgIpc) is 1.75. The monoisotopic (exact) mass is 1260 g/mol. The topological polar surface area (TPSA) is 96.0 Å². The van der Waals surface area contributed by atoms with Crippen molar-refractivity contribution in [2.75, 3.05) is 13.2 Å². The molecular formula is C80H126O7S2. The van der Waals surface area contributed by atoms with E-state index in [1.807, 2.05) is 38.1 Å². The smallest absolute Gasteiger partial charge is 0.297 e. The van der Waals surface area contributed by atoms with Crippen LogP contribution in [0.15, 0.2) is 81.6 Å². The zero-order valence-electron chi connectivity index (χ0n) is 58.3. The SMILES string of the molecule is Cc1ccc(S(=O)(=O)OC(CCCCCOCCCCCC(OS(=O)(=O)c2ccc(C)cc2)[C@H]2CC[C@@]3(C)C(=CC[C@H]4[C@@H]5CC[C@H]([C@H](C)CCCC(C)C)[C@@]5(C)CC[C@@H]43)C2)[C@H]2CC[C@@]3(C)C(=CC[C@H]4[C@@H]5CC[C@H]([C@H](C)CCCC(C)C)[C@@]5(C)CC[C@@H]43)C2)cc1. The summed E-state index contributed by atoms with van der Waals surface area (Å²) < 4.78 is 75.3. The molecule has 0 radical (unpaired) electrons.